The van der Waals surface area contributed by atoms with Crippen LogP contribution in [0.2, 0.25) is 0 Å². The van der Waals surface area contributed by atoms with E-state index >= 15 is 0 Å². The first-order valence-electron chi connectivity index (χ1n) is 6.55. The van der Waals surface area contributed by atoms with Gasteiger partial charge in [0.15, 0.2) is 0 Å². The minimum atomic E-state index is 0.733. The highest BCUT2D eigenvalue weighted by Gasteiger charge is 2.25. The Bertz CT molecular complexity index is 168. The van der Waals surface area contributed by atoms with E-state index in [1.165, 1.54) is 38.6 Å². The Balaban J connectivity index is 2.53. The monoisotopic (exact) mass is 212 g/mol. The van der Waals surface area contributed by atoms with E-state index in [0.717, 1.165) is 24.4 Å². The van der Waals surface area contributed by atoms with Crippen molar-refractivity contribution in [1.82, 2.24) is 4.90 Å². The van der Waals surface area contributed by atoms with Crippen LogP contribution in [-0.2, 0) is 0 Å². The second-order valence-electron chi connectivity index (χ2n) is 5.53. The molecule has 15 heavy (non-hydrogen) atoms. The summed E-state index contributed by atoms with van der Waals surface area (Å²) in [5.41, 5.74) is 5.91. The fourth-order valence-corrected chi connectivity index (χ4v) is 2.93. The maximum Gasteiger partial charge on any atom is 0.0133 e. The van der Waals surface area contributed by atoms with Crippen LogP contribution < -0.4 is 5.73 Å². The molecule has 1 saturated carbocycles. The van der Waals surface area contributed by atoms with E-state index in [2.05, 4.69) is 25.8 Å². The van der Waals surface area contributed by atoms with Gasteiger partial charge in [0.1, 0.15) is 0 Å². The van der Waals surface area contributed by atoms with E-state index < -0.39 is 0 Å². The van der Waals surface area contributed by atoms with E-state index in [0.29, 0.717) is 0 Å². The van der Waals surface area contributed by atoms with Crippen molar-refractivity contribution in [3.05, 3.63) is 0 Å². The van der Waals surface area contributed by atoms with Gasteiger partial charge in [0.25, 0.3) is 0 Å². The van der Waals surface area contributed by atoms with Gasteiger partial charge in [0.05, 0.1) is 0 Å². The first-order chi connectivity index (χ1) is 7.15. The molecular weight excluding hydrogens is 184 g/mol. The predicted molar refractivity (Wildman–Crippen MR) is 66.9 cm³/mol. The van der Waals surface area contributed by atoms with Crippen LogP contribution in [0, 0.1) is 11.8 Å². The second kappa shape index (κ2) is 6.49. The van der Waals surface area contributed by atoms with Crippen LogP contribution in [0.5, 0.6) is 0 Å². The standard InChI is InChI=1S/C13H28N2/c1-11(2)10-15(3)13-8-6-4-5-7-12(13)9-14/h11-13H,4-10,14H2,1-3H3. The molecule has 2 heteroatoms. The molecule has 0 aromatic rings. The van der Waals surface area contributed by atoms with Gasteiger partial charge in [-0.15, -0.1) is 0 Å². The number of hydrogen-bond acceptors (Lipinski definition) is 2. The molecular formula is C13H28N2. The van der Waals surface area contributed by atoms with Gasteiger partial charge in [0.2, 0.25) is 0 Å². The lowest BCUT2D eigenvalue weighted by molar-refractivity contribution is 0.152. The molecule has 1 rings (SSSR count). The van der Waals surface area contributed by atoms with Gasteiger partial charge in [0, 0.05) is 12.6 Å². The normalized spacial score (nSPS) is 28.4. The lowest BCUT2D eigenvalue weighted by Gasteiger charge is -2.34. The fourth-order valence-electron chi connectivity index (χ4n) is 2.93. The molecule has 1 aliphatic carbocycles. The van der Waals surface area contributed by atoms with Crippen LogP contribution in [0.1, 0.15) is 46.0 Å². The molecule has 0 aromatic heterocycles. The largest absolute Gasteiger partial charge is 0.330 e. The summed E-state index contributed by atoms with van der Waals surface area (Å²) in [6.45, 7) is 6.67. The fraction of sp³-hybridized carbons (Fsp3) is 1.00. The number of nitrogens with two attached hydrogens (primary N) is 1. The molecule has 0 spiro atoms. The third-order valence-electron chi connectivity index (χ3n) is 3.64. The lowest BCUT2D eigenvalue weighted by Crippen LogP contribution is -2.42. The Labute approximate surface area is 95.2 Å². The topological polar surface area (TPSA) is 29.3 Å². The van der Waals surface area contributed by atoms with Crippen molar-refractivity contribution in [1.29, 1.82) is 0 Å². The van der Waals surface area contributed by atoms with E-state index in [4.69, 9.17) is 5.73 Å². The molecule has 1 fully saturated rings. The molecule has 0 aliphatic heterocycles. The Kier molecular flexibility index (Phi) is 5.62. The average Bonchev–Trinajstić information content (AvgIpc) is 2.40. The summed E-state index contributed by atoms with van der Waals surface area (Å²) in [4.78, 5) is 2.55. The molecule has 0 amide bonds. The Morgan fingerprint density at radius 1 is 1.20 bits per heavy atom. The predicted octanol–water partition coefficient (Wildman–Crippen LogP) is 2.48. The highest BCUT2D eigenvalue weighted by Crippen LogP contribution is 2.26. The Hall–Kier alpha value is -0.0800. The summed E-state index contributed by atoms with van der Waals surface area (Å²) in [6, 6.07) is 0.736. The summed E-state index contributed by atoms with van der Waals surface area (Å²) in [5, 5.41) is 0. The number of nitrogens with zero attached hydrogens (tertiary/aromatic N) is 1. The van der Waals surface area contributed by atoms with Crippen molar-refractivity contribution in [3.63, 3.8) is 0 Å². The molecule has 1 aliphatic rings. The molecule has 0 heterocycles. The Morgan fingerprint density at radius 3 is 2.47 bits per heavy atom. The van der Waals surface area contributed by atoms with Gasteiger partial charge in [-0.25, -0.2) is 0 Å². The highest BCUT2D eigenvalue weighted by atomic mass is 15.1. The minimum absolute atomic E-state index is 0.733. The minimum Gasteiger partial charge on any atom is -0.330 e. The molecule has 2 N–H and O–H groups in total. The van der Waals surface area contributed by atoms with Crippen molar-refractivity contribution in [2.24, 2.45) is 17.6 Å². The van der Waals surface area contributed by atoms with Crippen molar-refractivity contribution < 1.29 is 0 Å². The molecule has 0 saturated heterocycles. The van der Waals surface area contributed by atoms with E-state index in [9.17, 15) is 0 Å². The molecule has 0 bridgehead atoms. The van der Waals surface area contributed by atoms with Gasteiger partial charge in [-0.05, 0) is 38.3 Å². The van der Waals surface area contributed by atoms with Crippen LogP contribution in [0.3, 0.4) is 0 Å². The quantitative estimate of drug-likeness (QED) is 0.725. The van der Waals surface area contributed by atoms with Crippen LogP contribution in [-0.4, -0.2) is 31.1 Å². The summed E-state index contributed by atoms with van der Waals surface area (Å²) < 4.78 is 0. The lowest BCUT2D eigenvalue weighted by atomic mass is 9.93. The van der Waals surface area contributed by atoms with Crippen molar-refractivity contribution in [3.8, 4) is 0 Å². The molecule has 0 aromatic carbocycles. The average molecular weight is 212 g/mol. The molecule has 0 radical (unpaired) electrons. The van der Waals surface area contributed by atoms with Crippen molar-refractivity contribution in [2.45, 2.75) is 52.0 Å². The SMILES string of the molecule is CC(C)CN(C)C1CCCCCC1CN. The van der Waals surface area contributed by atoms with Crippen LogP contribution >= 0.6 is 0 Å². The molecule has 90 valence electrons. The summed E-state index contributed by atoms with van der Waals surface area (Å²) >= 11 is 0. The van der Waals surface area contributed by atoms with Crippen LogP contribution in [0.4, 0.5) is 0 Å². The summed E-state index contributed by atoms with van der Waals surface area (Å²) in [7, 11) is 2.28. The first-order valence-corrected chi connectivity index (χ1v) is 6.55. The molecule has 2 nitrogen and oxygen atoms in total. The molecule has 2 unspecified atom stereocenters. The zero-order chi connectivity index (χ0) is 11.3. The van der Waals surface area contributed by atoms with E-state index in [-0.39, 0.29) is 0 Å². The van der Waals surface area contributed by atoms with Crippen molar-refractivity contribution in [2.75, 3.05) is 20.1 Å². The molecule has 2 atom stereocenters. The maximum atomic E-state index is 5.91. The maximum absolute atomic E-state index is 5.91. The van der Waals surface area contributed by atoms with Crippen molar-refractivity contribution >= 4 is 0 Å². The Morgan fingerprint density at radius 2 is 1.87 bits per heavy atom. The van der Waals surface area contributed by atoms with Gasteiger partial charge in [-0.3, -0.25) is 0 Å². The van der Waals surface area contributed by atoms with Gasteiger partial charge in [-0.1, -0.05) is 33.1 Å². The zero-order valence-corrected chi connectivity index (χ0v) is 10.7. The number of rotatable bonds is 4. The smallest absolute Gasteiger partial charge is 0.0133 e. The van der Waals surface area contributed by atoms with Crippen LogP contribution in [0.25, 0.3) is 0 Å². The van der Waals surface area contributed by atoms with Gasteiger partial charge >= 0.3 is 0 Å². The number of hydrogen-bond donors (Lipinski definition) is 1. The van der Waals surface area contributed by atoms with E-state index in [1.807, 2.05) is 0 Å². The third-order valence-corrected chi connectivity index (χ3v) is 3.64. The van der Waals surface area contributed by atoms with Crippen LogP contribution in [0.15, 0.2) is 0 Å². The van der Waals surface area contributed by atoms with Gasteiger partial charge in [-0.2, -0.15) is 0 Å². The first kappa shape index (κ1) is 13.0. The third kappa shape index (κ3) is 4.12. The van der Waals surface area contributed by atoms with Gasteiger partial charge < -0.3 is 10.6 Å². The second-order valence-corrected chi connectivity index (χ2v) is 5.53. The summed E-state index contributed by atoms with van der Waals surface area (Å²) in [5.74, 6) is 1.49. The highest BCUT2D eigenvalue weighted by molar-refractivity contribution is 4.81. The zero-order valence-electron chi connectivity index (χ0n) is 10.7. The summed E-state index contributed by atoms with van der Waals surface area (Å²) in [6.07, 6.45) is 6.87. The van der Waals surface area contributed by atoms with E-state index in [1.54, 1.807) is 0 Å².